The molecule has 2 aromatic rings. The number of hydrogen-bond acceptors (Lipinski definition) is 2. The van der Waals surface area contributed by atoms with Gasteiger partial charge in [-0.3, -0.25) is 9.59 Å². The molecule has 4 heteroatoms. The summed E-state index contributed by atoms with van der Waals surface area (Å²) in [6.45, 7) is 6.74. The van der Waals surface area contributed by atoms with Crippen molar-refractivity contribution in [1.29, 1.82) is 0 Å². The van der Waals surface area contributed by atoms with E-state index in [2.05, 4.69) is 26.1 Å². The van der Waals surface area contributed by atoms with E-state index < -0.39 is 6.04 Å². The van der Waals surface area contributed by atoms with Gasteiger partial charge in [0.2, 0.25) is 5.91 Å². The summed E-state index contributed by atoms with van der Waals surface area (Å²) in [4.78, 5) is 27.5. The lowest BCUT2D eigenvalue weighted by Gasteiger charge is -2.28. The largest absolute Gasteiger partial charge is 0.324 e. The van der Waals surface area contributed by atoms with Crippen molar-refractivity contribution in [3.05, 3.63) is 65.2 Å². The molecule has 0 aromatic heterocycles. The Labute approximate surface area is 155 Å². The fourth-order valence-electron chi connectivity index (χ4n) is 3.40. The summed E-state index contributed by atoms with van der Waals surface area (Å²) in [6, 6.07) is 15.0. The summed E-state index contributed by atoms with van der Waals surface area (Å²) < 4.78 is 0. The zero-order valence-electron chi connectivity index (χ0n) is 15.7. The number of aryl methyl sites for hydroxylation is 1. The van der Waals surface area contributed by atoms with Gasteiger partial charge in [-0.05, 0) is 48.1 Å². The molecule has 1 aliphatic rings. The Morgan fingerprint density at radius 2 is 1.81 bits per heavy atom. The number of fused-ring (bicyclic) bond motifs is 1. The molecule has 1 N–H and O–H groups in total. The molecule has 26 heavy (non-hydrogen) atoms. The Hall–Kier alpha value is -2.62. The van der Waals surface area contributed by atoms with Crippen LogP contribution >= 0.6 is 0 Å². The maximum absolute atomic E-state index is 13.0. The third-order valence-corrected chi connectivity index (χ3v) is 4.85. The fourth-order valence-corrected chi connectivity index (χ4v) is 3.40. The molecule has 0 saturated heterocycles. The van der Waals surface area contributed by atoms with Crippen molar-refractivity contribution in [2.24, 2.45) is 5.92 Å². The van der Waals surface area contributed by atoms with E-state index in [0.717, 1.165) is 17.7 Å². The lowest BCUT2D eigenvalue weighted by atomic mass is 10.0. The molecule has 3 rings (SSSR count). The van der Waals surface area contributed by atoms with Crippen LogP contribution in [0.3, 0.4) is 0 Å². The van der Waals surface area contributed by atoms with Crippen molar-refractivity contribution in [3.63, 3.8) is 0 Å². The molecular formula is C22H26N2O2. The van der Waals surface area contributed by atoms with Crippen LogP contribution in [-0.2, 0) is 17.8 Å². The SMILES string of the molecule is CCc1ccc(NC(=O)C(CC(C)C)N2Cc3ccccc3C2=O)cc1. The van der Waals surface area contributed by atoms with Gasteiger partial charge in [0, 0.05) is 17.8 Å². The summed E-state index contributed by atoms with van der Waals surface area (Å²) in [5, 5.41) is 2.99. The number of nitrogens with zero attached hydrogens (tertiary/aromatic N) is 1. The van der Waals surface area contributed by atoms with Gasteiger partial charge in [-0.2, -0.15) is 0 Å². The minimum atomic E-state index is -0.472. The molecule has 2 amide bonds. The van der Waals surface area contributed by atoms with E-state index in [1.807, 2.05) is 48.5 Å². The summed E-state index contributed by atoms with van der Waals surface area (Å²) in [6.07, 6.45) is 1.60. The maximum atomic E-state index is 13.0. The van der Waals surface area contributed by atoms with Crippen LogP contribution in [0.5, 0.6) is 0 Å². The summed E-state index contributed by atoms with van der Waals surface area (Å²) in [5.74, 6) is 0.136. The van der Waals surface area contributed by atoms with Gasteiger partial charge in [-0.15, -0.1) is 0 Å². The van der Waals surface area contributed by atoms with Gasteiger partial charge in [0.25, 0.3) is 5.91 Å². The van der Waals surface area contributed by atoms with Gasteiger partial charge >= 0.3 is 0 Å². The Morgan fingerprint density at radius 1 is 1.12 bits per heavy atom. The topological polar surface area (TPSA) is 49.4 Å². The highest BCUT2D eigenvalue weighted by Crippen LogP contribution is 2.27. The lowest BCUT2D eigenvalue weighted by molar-refractivity contribution is -0.121. The first-order valence-electron chi connectivity index (χ1n) is 9.28. The Bertz CT molecular complexity index is 796. The zero-order chi connectivity index (χ0) is 18.7. The van der Waals surface area contributed by atoms with Crippen LogP contribution in [0.25, 0.3) is 0 Å². The Morgan fingerprint density at radius 3 is 2.42 bits per heavy atom. The van der Waals surface area contributed by atoms with Crippen LogP contribution in [0, 0.1) is 5.92 Å². The van der Waals surface area contributed by atoms with E-state index in [1.54, 1.807) is 4.90 Å². The van der Waals surface area contributed by atoms with Crippen LogP contribution in [0.4, 0.5) is 5.69 Å². The third-order valence-electron chi connectivity index (χ3n) is 4.85. The Kier molecular flexibility index (Phi) is 5.40. The van der Waals surface area contributed by atoms with Gasteiger partial charge in [-0.1, -0.05) is 51.1 Å². The summed E-state index contributed by atoms with van der Waals surface area (Å²) >= 11 is 0. The van der Waals surface area contributed by atoms with E-state index >= 15 is 0 Å². The molecule has 0 fully saturated rings. The molecule has 1 heterocycles. The van der Waals surface area contributed by atoms with Crippen molar-refractivity contribution in [3.8, 4) is 0 Å². The fraction of sp³-hybridized carbons (Fsp3) is 0.364. The standard InChI is InChI=1S/C22H26N2O2/c1-4-16-9-11-18(12-10-16)23-21(25)20(13-15(2)3)24-14-17-7-5-6-8-19(17)22(24)26/h5-12,15,20H,4,13-14H2,1-3H3,(H,23,25). The van der Waals surface area contributed by atoms with E-state index in [9.17, 15) is 9.59 Å². The monoisotopic (exact) mass is 350 g/mol. The molecular weight excluding hydrogens is 324 g/mol. The van der Waals surface area contributed by atoms with Crippen LogP contribution in [0.15, 0.2) is 48.5 Å². The molecule has 2 aromatic carbocycles. The summed E-state index contributed by atoms with van der Waals surface area (Å²) in [7, 11) is 0. The first kappa shape index (κ1) is 18.2. The van der Waals surface area contributed by atoms with Crippen LogP contribution < -0.4 is 5.32 Å². The molecule has 0 aliphatic carbocycles. The molecule has 1 atom stereocenters. The highest BCUT2D eigenvalue weighted by Gasteiger charge is 2.36. The van der Waals surface area contributed by atoms with Crippen LogP contribution in [0.2, 0.25) is 0 Å². The van der Waals surface area contributed by atoms with Gasteiger partial charge in [0.15, 0.2) is 0 Å². The van der Waals surface area contributed by atoms with Crippen molar-refractivity contribution in [1.82, 2.24) is 4.90 Å². The van der Waals surface area contributed by atoms with E-state index in [0.29, 0.717) is 24.4 Å². The quantitative estimate of drug-likeness (QED) is 0.846. The molecule has 136 valence electrons. The number of amides is 2. The number of carbonyl (C=O) groups excluding carboxylic acids is 2. The second-order valence-corrected chi connectivity index (χ2v) is 7.28. The smallest absolute Gasteiger partial charge is 0.255 e. The van der Waals surface area contributed by atoms with Crippen molar-refractivity contribution in [2.75, 3.05) is 5.32 Å². The first-order valence-corrected chi connectivity index (χ1v) is 9.28. The van der Waals surface area contributed by atoms with Gasteiger partial charge in [-0.25, -0.2) is 0 Å². The predicted molar refractivity (Wildman–Crippen MR) is 104 cm³/mol. The number of carbonyl (C=O) groups is 2. The molecule has 1 unspecified atom stereocenters. The third kappa shape index (κ3) is 3.79. The maximum Gasteiger partial charge on any atom is 0.255 e. The van der Waals surface area contributed by atoms with Gasteiger partial charge < -0.3 is 10.2 Å². The van der Waals surface area contributed by atoms with Crippen LogP contribution in [-0.4, -0.2) is 22.8 Å². The molecule has 0 saturated carbocycles. The highest BCUT2D eigenvalue weighted by molar-refractivity contribution is 6.03. The van der Waals surface area contributed by atoms with Gasteiger partial charge in [0.1, 0.15) is 6.04 Å². The Balaban J connectivity index is 1.79. The van der Waals surface area contributed by atoms with E-state index in [1.165, 1.54) is 5.56 Å². The average molecular weight is 350 g/mol. The van der Waals surface area contributed by atoms with E-state index in [-0.39, 0.29) is 11.8 Å². The minimum absolute atomic E-state index is 0.0530. The molecule has 0 spiro atoms. The molecule has 0 radical (unpaired) electrons. The normalized spacial score (nSPS) is 14.5. The second-order valence-electron chi connectivity index (χ2n) is 7.28. The zero-order valence-corrected chi connectivity index (χ0v) is 15.7. The first-order chi connectivity index (χ1) is 12.5. The lowest BCUT2D eigenvalue weighted by Crippen LogP contribution is -2.45. The van der Waals surface area contributed by atoms with Gasteiger partial charge in [0.05, 0.1) is 0 Å². The van der Waals surface area contributed by atoms with Crippen molar-refractivity contribution in [2.45, 2.75) is 46.2 Å². The molecule has 4 nitrogen and oxygen atoms in total. The number of nitrogens with one attached hydrogen (secondary N) is 1. The van der Waals surface area contributed by atoms with Crippen LogP contribution in [0.1, 0.15) is 48.7 Å². The average Bonchev–Trinajstić information content (AvgIpc) is 2.97. The minimum Gasteiger partial charge on any atom is -0.324 e. The second kappa shape index (κ2) is 7.73. The molecule has 1 aliphatic heterocycles. The molecule has 0 bridgehead atoms. The van der Waals surface area contributed by atoms with E-state index in [4.69, 9.17) is 0 Å². The number of hydrogen-bond donors (Lipinski definition) is 1. The number of anilines is 1. The summed E-state index contributed by atoms with van der Waals surface area (Å²) in [5.41, 5.74) is 3.70. The number of rotatable bonds is 6. The predicted octanol–water partition coefficient (Wildman–Crippen LogP) is 4.26. The number of benzene rings is 2. The highest BCUT2D eigenvalue weighted by atomic mass is 16.2. The van der Waals surface area contributed by atoms with Crippen molar-refractivity contribution >= 4 is 17.5 Å². The van der Waals surface area contributed by atoms with Crippen molar-refractivity contribution < 1.29 is 9.59 Å².